The number of aliphatic hydroxyl groups is 1. The second-order valence-corrected chi connectivity index (χ2v) is 31.7. The molecule has 0 aliphatic carbocycles. The predicted molar refractivity (Wildman–Crippen MR) is 405 cm³/mol. The molecule has 0 radical (unpaired) electrons. The third-order valence-corrected chi connectivity index (χ3v) is 20.8. The fourth-order valence-corrected chi connectivity index (χ4v) is 14.0. The van der Waals surface area contributed by atoms with Crippen LogP contribution in [0.2, 0.25) is 0 Å². The summed E-state index contributed by atoms with van der Waals surface area (Å²) in [6, 6.07) is 0. The van der Waals surface area contributed by atoms with E-state index in [1.165, 1.54) is 263 Å². The first kappa shape index (κ1) is 97.1. The lowest BCUT2D eigenvalue weighted by Crippen LogP contribution is -2.30. The van der Waals surface area contributed by atoms with Crippen molar-refractivity contribution in [1.82, 2.24) is 0 Å². The van der Waals surface area contributed by atoms with Crippen molar-refractivity contribution in [3.05, 3.63) is 0 Å². The molecule has 588 valence electrons. The Hall–Kier alpha value is -1.94. The Bertz CT molecular complexity index is 1880. The molecule has 0 aromatic rings. The first-order valence-electron chi connectivity index (χ1n) is 41.8. The molecule has 0 heterocycles. The average molecular weight is 1450 g/mol. The number of phosphoric ester groups is 2. The Morgan fingerprint density at radius 3 is 0.596 bits per heavy atom. The van der Waals surface area contributed by atoms with Gasteiger partial charge in [-0.25, -0.2) is 9.13 Å². The van der Waals surface area contributed by atoms with Gasteiger partial charge in [-0.15, -0.1) is 0 Å². The molecule has 2 unspecified atom stereocenters. The van der Waals surface area contributed by atoms with Gasteiger partial charge in [0.15, 0.2) is 12.2 Å². The van der Waals surface area contributed by atoms with E-state index in [9.17, 15) is 43.2 Å². The summed E-state index contributed by atoms with van der Waals surface area (Å²) in [6.45, 7) is 5.00. The summed E-state index contributed by atoms with van der Waals surface area (Å²) in [6.07, 6.45) is 66.6. The zero-order valence-electron chi connectivity index (χ0n) is 64.5. The van der Waals surface area contributed by atoms with Gasteiger partial charge in [0.2, 0.25) is 0 Å². The minimum Gasteiger partial charge on any atom is -0.462 e. The van der Waals surface area contributed by atoms with Crippen LogP contribution in [0.5, 0.6) is 0 Å². The van der Waals surface area contributed by atoms with E-state index in [0.29, 0.717) is 25.7 Å². The highest BCUT2D eigenvalue weighted by atomic mass is 31.2. The molecule has 5 atom stereocenters. The lowest BCUT2D eigenvalue weighted by atomic mass is 10.0. The maximum Gasteiger partial charge on any atom is 0.472 e. The highest BCUT2D eigenvalue weighted by Crippen LogP contribution is 2.45. The number of phosphoric acid groups is 2. The molecule has 0 aromatic heterocycles. The zero-order valence-corrected chi connectivity index (χ0v) is 66.3. The summed E-state index contributed by atoms with van der Waals surface area (Å²) in [7, 11) is -9.91. The summed E-state index contributed by atoms with van der Waals surface area (Å²) in [4.78, 5) is 72.9. The Morgan fingerprint density at radius 1 is 0.242 bits per heavy atom. The number of carbonyl (C=O) groups excluding carboxylic acids is 4. The van der Waals surface area contributed by atoms with Gasteiger partial charge in [-0.3, -0.25) is 37.3 Å². The van der Waals surface area contributed by atoms with Crippen LogP contribution in [0.4, 0.5) is 0 Å². The highest BCUT2D eigenvalue weighted by molar-refractivity contribution is 7.47. The van der Waals surface area contributed by atoms with Crippen molar-refractivity contribution in [2.75, 3.05) is 39.6 Å². The van der Waals surface area contributed by atoms with Crippen molar-refractivity contribution in [2.24, 2.45) is 0 Å². The van der Waals surface area contributed by atoms with Crippen LogP contribution < -0.4 is 0 Å². The van der Waals surface area contributed by atoms with E-state index in [-0.39, 0.29) is 25.7 Å². The number of aliphatic hydroxyl groups excluding tert-OH is 1. The van der Waals surface area contributed by atoms with Gasteiger partial charge in [0.05, 0.1) is 26.4 Å². The summed E-state index contributed by atoms with van der Waals surface area (Å²) in [5.41, 5.74) is 0. The van der Waals surface area contributed by atoms with Gasteiger partial charge in [-0.05, 0) is 25.7 Å². The standard InChI is InChI=1S/C80H156O17P2/c1-5-9-13-17-21-25-28-31-34-36-37-39-42-45-48-51-55-59-63-67-80(85)97-76(71-91-78(83)65-61-57-53-49-46-43-41-38-35-32-29-26-22-18-14-10-6-2)73-95-99(88,89)93-69-74(81)68-92-98(86,87)94-72-75(70-90-77(82)64-60-56-52-24-20-16-12-8-4)96-79(84)66-62-58-54-50-47-44-40-33-30-27-23-19-15-11-7-3/h74-76,81H,5-73H2,1-4H3,(H,86,87)(H,88,89)/t74-,75+,76+/m0/s1. The normalized spacial score (nSPS) is 13.8. The third-order valence-electron chi connectivity index (χ3n) is 18.9. The smallest absolute Gasteiger partial charge is 0.462 e. The number of hydrogen-bond donors (Lipinski definition) is 3. The quantitative estimate of drug-likeness (QED) is 0.0222. The Morgan fingerprint density at radius 2 is 0.404 bits per heavy atom. The second kappa shape index (κ2) is 74.3. The summed E-state index contributed by atoms with van der Waals surface area (Å²) < 4.78 is 68.6. The van der Waals surface area contributed by atoms with Gasteiger partial charge >= 0.3 is 39.5 Å². The number of rotatable bonds is 81. The fourth-order valence-electron chi connectivity index (χ4n) is 12.5. The SMILES string of the molecule is CCCCCCCCCCCCCCCCCCCCCC(=O)O[C@H](COC(=O)CCCCCCCCCCCCCCCCCCC)COP(=O)(O)OC[C@@H](O)COP(=O)(O)OC[C@@H](COC(=O)CCCCCCCCCC)OC(=O)CCCCCCCCCCCCCCCCC. The number of carbonyl (C=O) groups is 4. The second-order valence-electron chi connectivity index (χ2n) is 28.8. The lowest BCUT2D eigenvalue weighted by Gasteiger charge is -2.21. The van der Waals surface area contributed by atoms with Crippen molar-refractivity contribution < 1.29 is 80.2 Å². The first-order chi connectivity index (χ1) is 48.2. The fraction of sp³-hybridized carbons (Fsp3) is 0.950. The summed E-state index contributed by atoms with van der Waals surface area (Å²) in [5.74, 6) is -2.11. The maximum atomic E-state index is 13.1. The minimum absolute atomic E-state index is 0.109. The van der Waals surface area contributed by atoms with E-state index in [1.54, 1.807) is 0 Å². The maximum absolute atomic E-state index is 13.1. The molecule has 3 N–H and O–H groups in total. The van der Waals surface area contributed by atoms with Crippen LogP contribution in [-0.4, -0.2) is 96.7 Å². The molecule has 99 heavy (non-hydrogen) atoms. The van der Waals surface area contributed by atoms with Crippen molar-refractivity contribution in [1.29, 1.82) is 0 Å². The molecule has 0 aromatic carbocycles. The summed E-state index contributed by atoms with van der Waals surface area (Å²) >= 11 is 0. The van der Waals surface area contributed by atoms with Crippen molar-refractivity contribution >= 4 is 39.5 Å². The Balaban J connectivity index is 5.20. The van der Waals surface area contributed by atoms with Crippen molar-refractivity contribution in [3.8, 4) is 0 Å². The largest absolute Gasteiger partial charge is 0.472 e. The van der Waals surface area contributed by atoms with Gasteiger partial charge in [-0.2, -0.15) is 0 Å². The van der Waals surface area contributed by atoms with Gasteiger partial charge in [0.1, 0.15) is 19.3 Å². The molecule has 0 fully saturated rings. The monoisotopic (exact) mass is 1450 g/mol. The molecule has 0 amide bonds. The predicted octanol–water partition coefficient (Wildman–Crippen LogP) is 24.2. The van der Waals surface area contributed by atoms with E-state index in [1.807, 2.05) is 0 Å². The van der Waals surface area contributed by atoms with E-state index >= 15 is 0 Å². The minimum atomic E-state index is -4.96. The van der Waals surface area contributed by atoms with E-state index in [2.05, 4.69) is 27.7 Å². The van der Waals surface area contributed by atoms with E-state index in [4.69, 9.17) is 37.0 Å². The van der Waals surface area contributed by atoms with E-state index in [0.717, 1.165) is 89.9 Å². The Labute approximate surface area is 607 Å². The number of unbranched alkanes of at least 4 members (excludes halogenated alkanes) is 55. The molecule has 17 nitrogen and oxygen atoms in total. The first-order valence-corrected chi connectivity index (χ1v) is 44.8. The van der Waals surface area contributed by atoms with Crippen LogP contribution in [-0.2, 0) is 65.4 Å². The average Bonchev–Trinajstić information content (AvgIpc) is 1.07. The molecule has 0 aliphatic heterocycles. The van der Waals surface area contributed by atoms with E-state index < -0.39 is 97.5 Å². The van der Waals surface area contributed by atoms with Gasteiger partial charge < -0.3 is 33.8 Å². The lowest BCUT2D eigenvalue weighted by molar-refractivity contribution is -0.161. The molecule has 0 rings (SSSR count). The van der Waals surface area contributed by atoms with Crippen LogP contribution >= 0.6 is 15.6 Å². The van der Waals surface area contributed by atoms with Crippen LogP contribution in [0.3, 0.4) is 0 Å². The molecule has 0 spiro atoms. The molecular weight excluding hydrogens is 1290 g/mol. The number of hydrogen-bond acceptors (Lipinski definition) is 15. The molecule has 19 heteroatoms. The third kappa shape index (κ3) is 74.1. The molecule has 0 saturated heterocycles. The van der Waals surface area contributed by atoms with Crippen LogP contribution in [0.1, 0.15) is 432 Å². The number of ether oxygens (including phenoxy) is 4. The molecule has 0 aliphatic rings. The molecular formula is C80H156O17P2. The van der Waals surface area contributed by atoms with Crippen LogP contribution in [0.25, 0.3) is 0 Å². The van der Waals surface area contributed by atoms with Gasteiger partial charge in [0, 0.05) is 25.7 Å². The molecule has 0 bridgehead atoms. The van der Waals surface area contributed by atoms with Crippen molar-refractivity contribution in [2.45, 2.75) is 451 Å². The summed E-state index contributed by atoms with van der Waals surface area (Å²) in [5, 5.41) is 10.6. The van der Waals surface area contributed by atoms with Gasteiger partial charge in [0.25, 0.3) is 0 Å². The number of esters is 4. The van der Waals surface area contributed by atoms with Crippen LogP contribution in [0, 0.1) is 0 Å². The van der Waals surface area contributed by atoms with Crippen LogP contribution in [0.15, 0.2) is 0 Å². The topological polar surface area (TPSA) is 237 Å². The highest BCUT2D eigenvalue weighted by Gasteiger charge is 2.30. The van der Waals surface area contributed by atoms with Gasteiger partial charge in [-0.1, -0.05) is 381 Å². The Kier molecular flexibility index (Phi) is 72.9. The zero-order chi connectivity index (χ0) is 72.5. The molecule has 0 saturated carbocycles. The van der Waals surface area contributed by atoms with Crippen molar-refractivity contribution in [3.63, 3.8) is 0 Å².